The largest absolute Gasteiger partial charge is 0.352 e. The van der Waals surface area contributed by atoms with Gasteiger partial charge in [-0.15, -0.1) is 0 Å². The molecule has 1 aromatic rings. The topological polar surface area (TPSA) is 53.2 Å². The monoisotopic (exact) mass is 329 g/mol. The zero-order valence-corrected chi connectivity index (χ0v) is 15.0. The van der Waals surface area contributed by atoms with E-state index in [1.165, 1.54) is 11.1 Å². The number of nitrogens with one attached hydrogen (secondary N) is 3. The van der Waals surface area contributed by atoms with Crippen LogP contribution in [0, 0.1) is 5.92 Å². The van der Waals surface area contributed by atoms with Crippen molar-refractivity contribution in [1.82, 2.24) is 16.0 Å². The van der Waals surface area contributed by atoms with Crippen molar-refractivity contribution in [3.8, 4) is 0 Å². The quantitative estimate of drug-likeness (QED) is 0.778. The second-order valence-electron chi connectivity index (χ2n) is 7.61. The lowest BCUT2D eigenvalue weighted by atomic mass is 9.82. The molecule has 0 aromatic heterocycles. The third kappa shape index (κ3) is 4.37. The molecule has 1 amide bonds. The Morgan fingerprint density at radius 3 is 2.75 bits per heavy atom. The first-order valence-corrected chi connectivity index (χ1v) is 9.46. The molecule has 3 rings (SSSR count). The van der Waals surface area contributed by atoms with E-state index < -0.39 is 0 Å². The number of carbonyl (C=O) groups is 1. The lowest BCUT2D eigenvalue weighted by Gasteiger charge is -2.40. The van der Waals surface area contributed by atoms with Crippen LogP contribution in [0.1, 0.15) is 56.6 Å². The van der Waals surface area contributed by atoms with Crippen LogP contribution in [0.3, 0.4) is 0 Å². The Morgan fingerprint density at radius 1 is 1.21 bits per heavy atom. The van der Waals surface area contributed by atoms with E-state index in [1.54, 1.807) is 0 Å². The highest BCUT2D eigenvalue weighted by molar-refractivity contribution is 5.77. The molecule has 0 aliphatic carbocycles. The molecule has 2 atom stereocenters. The number of amides is 1. The number of piperidine rings is 2. The normalized spacial score (nSPS) is 25.7. The molecule has 2 aliphatic heterocycles. The summed E-state index contributed by atoms with van der Waals surface area (Å²) in [5, 5.41) is 10.4. The van der Waals surface area contributed by atoms with E-state index in [0.29, 0.717) is 24.3 Å². The molecule has 132 valence electrons. The summed E-state index contributed by atoms with van der Waals surface area (Å²) in [5.74, 6) is 1.37. The van der Waals surface area contributed by atoms with Crippen LogP contribution in [0.5, 0.6) is 0 Å². The average molecular weight is 329 g/mol. The first-order valence-electron chi connectivity index (χ1n) is 9.46. The molecule has 2 aliphatic rings. The molecule has 0 bridgehead atoms. The van der Waals surface area contributed by atoms with Gasteiger partial charge in [0, 0.05) is 25.0 Å². The molecule has 4 nitrogen and oxygen atoms in total. The molecule has 2 saturated heterocycles. The summed E-state index contributed by atoms with van der Waals surface area (Å²) in [6.07, 6.45) is 3.91. The van der Waals surface area contributed by atoms with E-state index in [2.05, 4.69) is 54.1 Å². The number of carbonyl (C=O) groups excluding carboxylic acids is 1. The van der Waals surface area contributed by atoms with Crippen molar-refractivity contribution in [1.29, 1.82) is 0 Å². The van der Waals surface area contributed by atoms with E-state index in [9.17, 15) is 4.79 Å². The Hall–Kier alpha value is -1.39. The van der Waals surface area contributed by atoms with Crippen LogP contribution in [-0.4, -0.2) is 31.1 Å². The average Bonchev–Trinajstić information content (AvgIpc) is 2.61. The van der Waals surface area contributed by atoms with Gasteiger partial charge in [0.2, 0.25) is 5.91 Å². The molecule has 0 unspecified atom stereocenters. The van der Waals surface area contributed by atoms with E-state index in [-0.39, 0.29) is 11.9 Å². The fraction of sp³-hybridized carbons (Fsp3) is 0.650. The van der Waals surface area contributed by atoms with Crippen molar-refractivity contribution in [2.75, 3.05) is 13.1 Å². The van der Waals surface area contributed by atoms with Crippen LogP contribution in [0.4, 0.5) is 0 Å². The molecular weight excluding hydrogens is 298 g/mol. The van der Waals surface area contributed by atoms with Gasteiger partial charge in [0.25, 0.3) is 0 Å². The lowest BCUT2D eigenvalue weighted by Crippen LogP contribution is -2.58. The van der Waals surface area contributed by atoms with Crippen molar-refractivity contribution in [2.24, 2.45) is 5.92 Å². The molecule has 0 saturated carbocycles. The molecule has 4 heteroatoms. The van der Waals surface area contributed by atoms with Crippen LogP contribution in [0.2, 0.25) is 0 Å². The van der Waals surface area contributed by atoms with Crippen molar-refractivity contribution < 1.29 is 4.79 Å². The summed E-state index contributed by atoms with van der Waals surface area (Å²) in [6.45, 7) is 7.48. The van der Waals surface area contributed by atoms with Crippen molar-refractivity contribution in [2.45, 2.75) is 64.1 Å². The summed E-state index contributed by atoms with van der Waals surface area (Å²) in [7, 11) is 0. The lowest BCUT2D eigenvalue weighted by molar-refractivity contribution is -0.124. The zero-order chi connectivity index (χ0) is 16.9. The Labute approximate surface area is 145 Å². The van der Waals surface area contributed by atoms with Gasteiger partial charge in [-0.1, -0.05) is 38.1 Å². The van der Waals surface area contributed by atoms with Crippen LogP contribution >= 0.6 is 0 Å². The van der Waals surface area contributed by atoms with Crippen LogP contribution in [0.25, 0.3) is 0 Å². The summed E-state index contributed by atoms with van der Waals surface area (Å²) in [4.78, 5) is 11.9. The van der Waals surface area contributed by atoms with Gasteiger partial charge < -0.3 is 16.0 Å². The summed E-state index contributed by atoms with van der Waals surface area (Å²) in [5.41, 5.74) is 2.73. The Bertz CT molecular complexity index is 552. The highest BCUT2D eigenvalue weighted by Gasteiger charge is 2.34. The predicted molar refractivity (Wildman–Crippen MR) is 97.9 cm³/mol. The van der Waals surface area contributed by atoms with Crippen LogP contribution in [0.15, 0.2) is 24.3 Å². The van der Waals surface area contributed by atoms with Crippen LogP contribution in [-0.2, 0) is 11.3 Å². The summed E-state index contributed by atoms with van der Waals surface area (Å²) < 4.78 is 0. The van der Waals surface area contributed by atoms with Gasteiger partial charge in [-0.3, -0.25) is 4.79 Å². The van der Waals surface area contributed by atoms with Crippen molar-refractivity contribution >= 4 is 5.91 Å². The molecule has 2 heterocycles. The molecule has 0 spiro atoms. The SMILES string of the molecule is CC(C)c1cccc(CN[C@@H]2CCC(=O)N[C@H]2C2CCNCC2)c1. The van der Waals surface area contributed by atoms with Gasteiger partial charge in [-0.25, -0.2) is 0 Å². The fourth-order valence-electron chi connectivity index (χ4n) is 4.01. The van der Waals surface area contributed by atoms with Crippen molar-refractivity contribution in [3.05, 3.63) is 35.4 Å². The van der Waals surface area contributed by atoms with E-state index in [1.807, 2.05) is 0 Å². The number of rotatable bonds is 5. The van der Waals surface area contributed by atoms with E-state index in [0.717, 1.165) is 38.9 Å². The van der Waals surface area contributed by atoms with Gasteiger partial charge in [0.15, 0.2) is 0 Å². The third-order valence-electron chi connectivity index (χ3n) is 5.52. The minimum Gasteiger partial charge on any atom is -0.352 e. The third-order valence-corrected chi connectivity index (χ3v) is 5.52. The molecule has 24 heavy (non-hydrogen) atoms. The summed E-state index contributed by atoms with van der Waals surface area (Å²) >= 11 is 0. The highest BCUT2D eigenvalue weighted by atomic mass is 16.1. The first kappa shape index (κ1) is 17.4. The zero-order valence-electron chi connectivity index (χ0n) is 15.0. The van der Waals surface area contributed by atoms with Gasteiger partial charge in [-0.2, -0.15) is 0 Å². The summed E-state index contributed by atoms with van der Waals surface area (Å²) in [6, 6.07) is 9.51. The standard InChI is InChI=1S/C20H31N3O/c1-14(2)17-5-3-4-15(12-17)13-22-18-6-7-19(24)23-20(18)16-8-10-21-11-9-16/h3-5,12,14,16,18,20-22H,6-11,13H2,1-2H3,(H,23,24)/t18-,20+/m1/s1. The van der Waals surface area contributed by atoms with Gasteiger partial charge in [-0.05, 0) is 55.3 Å². The van der Waals surface area contributed by atoms with Gasteiger partial charge in [0.05, 0.1) is 0 Å². The number of hydrogen-bond acceptors (Lipinski definition) is 3. The molecule has 1 aromatic carbocycles. The van der Waals surface area contributed by atoms with Crippen LogP contribution < -0.4 is 16.0 Å². The van der Waals surface area contributed by atoms with Crippen molar-refractivity contribution in [3.63, 3.8) is 0 Å². The number of hydrogen-bond donors (Lipinski definition) is 3. The maximum atomic E-state index is 11.9. The minimum absolute atomic E-state index is 0.221. The Kier molecular flexibility index (Phi) is 5.90. The maximum absolute atomic E-state index is 11.9. The van der Waals surface area contributed by atoms with Gasteiger partial charge in [0.1, 0.15) is 0 Å². The first-order chi connectivity index (χ1) is 11.6. The fourth-order valence-corrected chi connectivity index (χ4v) is 4.01. The Morgan fingerprint density at radius 2 is 2.00 bits per heavy atom. The molecular formula is C20H31N3O. The van der Waals surface area contributed by atoms with E-state index in [4.69, 9.17) is 0 Å². The second-order valence-corrected chi connectivity index (χ2v) is 7.61. The predicted octanol–water partition coefficient (Wildman–Crippen LogP) is 2.55. The molecule has 0 radical (unpaired) electrons. The maximum Gasteiger partial charge on any atom is 0.220 e. The Balaban J connectivity index is 1.63. The smallest absolute Gasteiger partial charge is 0.220 e. The number of benzene rings is 1. The van der Waals surface area contributed by atoms with E-state index >= 15 is 0 Å². The molecule has 2 fully saturated rings. The van der Waals surface area contributed by atoms with Gasteiger partial charge >= 0.3 is 0 Å². The minimum atomic E-state index is 0.221. The molecule has 3 N–H and O–H groups in total. The highest BCUT2D eigenvalue weighted by Crippen LogP contribution is 2.24. The second kappa shape index (κ2) is 8.13.